The van der Waals surface area contributed by atoms with E-state index in [-0.39, 0.29) is 12.6 Å². The van der Waals surface area contributed by atoms with Crippen LogP contribution in [0.2, 0.25) is 0 Å². The Bertz CT molecular complexity index is 541. The first kappa shape index (κ1) is 16.3. The summed E-state index contributed by atoms with van der Waals surface area (Å²) in [6.45, 7) is 3.06. The van der Waals surface area contributed by atoms with Gasteiger partial charge in [0.25, 0.3) is 0 Å². The molecule has 0 saturated carbocycles. The van der Waals surface area contributed by atoms with Crippen molar-refractivity contribution >= 4 is 10.0 Å². The molecule has 5 nitrogen and oxygen atoms in total. The third-order valence-corrected chi connectivity index (χ3v) is 5.77. The lowest BCUT2D eigenvalue weighted by molar-refractivity contribution is 0.233. The molecule has 1 heterocycles. The zero-order valence-corrected chi connectivity index (χ0v) is 13.2. The van der Waals surface area contributed by atoms with Crippen LogP contribution in [0, 0.1) is 0 Å². The minimum atomic E-state index is -3.42. The first-order chi connectivity index (χ1) is 10.1. The smallest absolute Gasteiger partial charge is 0.243 e. The van der Waals surface area contributed by atoms with Gasteiger partial charge in [-0.05, 0) is 44.0 Å². The number of sulfonamides is 1. The molecule has 1 aliphatic heterocycles. The Morgan fingerprint density at radius 1 is 1.29 bits per heavy atom. The fraction of sp³-hybridized carbons (Fsp3) is 0.600. The van der Waals surface area contributed by atoms with Gasteiger partial charge in [0, 0.05) is 25.6 Å². The quantitative estimate of drug-likeness (QED) is 0.816. The van der Waals surface area contributed by atoms with Crippen LogP contribution in [-0.2, 0) is 10.0 Å². The van der Waals surface area contributed by atoms with Gasteiger partial charge in [-0.15, -0.1) is 0 Å². The molecule has 1 aromatic carbocycles. The van der Waals surface area contributed by atoms with Crippen LogP contribution in [0.15, 0.2) is 29.2 Å². The maximum Gasteiger partial charge on any atom is 0.243 e. The molecule has 0 amide bonds. The van der Waals surface area contributed by atoms with Gasteiger partial charge in [-0.3, -0.25) is 0 Å². The molecule has 0 aromatic heterocycles. The normalized spacial score (nSPS) is 20.4. The highest BCUT2D eigenvalue weighted by Crippen LogP contribution is 2.26. The van der Waals surface area contributed by atoms with Crippen molar-refractivity contribution in [3.8, 4) is 5.75 Å². The van der Waals surface area contributed by atoms with Gasteiger partial charge in [-0.25, -0.2) is 8.42 Å². The minimum Gasteiger partial charge on any atom is -0.494 e. The van der Waals surface area contributed by atoms with Crippen LogP contribution in [0.25, 0.3) is 0 Å². The molecule has 1 N–H and O–H groups in total. The van der Waals surface area contributed by atoms with Crippen LogP contribution < -0.4 is 4.74 Å². The standard InChI is InChI=1S/C15H23NO4S/c1-13-5-2-3-10-16(13)21(18,19)15-8-6-14(7-9-15)20-12-4-11-17/h6-9,13,17H,2-5,10-12H2,1H3. The first-order valence-electron chi connectivity index (χ1n) is 7.41. The van der Waals surface area contributed by atoms with E-state index in [0.717, 1.165) is 19.3 Å². The number of rotatable bonds is 6. The number of hydrogen-bond donors (Lipinski definition) is 1. The summed E-state index contributed by atoms with van der Waals surface area (Å²) in [4.78, 5) is 0.311. The predicted molar refractivity (Wildman–Crippen MR) is 80.8 cm³/mol. The molecule has 1 aliphatic rings. The minimum absolute atomic E-state index is 0.0595. The molecule has 118 valence electrons. The van der Waals surface area contributed by atoms with Crippen molar-refractivity contribution in [1.29, 1.82) is 0 Å². The zero-order valence-electron chi connectivity index (χ0n) is 12.4. The number of piperidine rings is 1. The molecule has 2 rings (SSSR count). The summed E-state index contributed by atoms with van der Waals surface area (Å²) in [7, 11) is -3.42. The van der Waals surface area contributed by atoms with E-state index in [1.54, 1.807) is 28.6 Å². The number of ether oxygens (including phenoxy) is 1. The fourth-order valence-electron chi connectivity index (χ4n) is 2.53. The van der Waals surface area contributed by atoms with Crippen molar-refractivity contribution in [2.75, 3.05) is 19.8 Å². The zero-order chi connectivity index (χ0) is 15.3. The summed E-state index contributed by atoms with van der Waals surface area (Å²) >= 11 is 0. The molecule has 1 saturated heterocycles. The first-order valence-corrected chi connectivity index (χ1v) is 8.85. The molecule has 0 aliphatic carbocycles. The SMILES string of the molecule is CC1CCCCN1S(=O)(=O)c1ccc(OCCCO)cc1. The molecule has 0 radical (unpaired) electrons. The predicted octanol–water partition coefficient (Wildman–Crippen LogP) is 2.01. The lowest BCUT2D eigenvalue weighted by Gasteiger charge is -2.32. The van der Waals surface area contributed by atoms with Crippen LogP contribution in [0.3, 0.4) is 0 Å². The Morgan fingerprint density at radius 3 is 2.62 bits per heavy atom. The second-order valence-corrected chi connectivity index (χ2v) is 7.25. The van der Waals surface area contributed by atoms with Gasteiger partial charge >= 0.3 is 0 Å². The van der Waals surface area contributed by atoms with Crippen molar-refractivity contribution in [2.24, 2.45) is 0 Å². The second-order valence-electron chi connectivity index (χ2n) is 5.36. The largest absolute Gasteiger partial charge is 0.494 e. The summed E-state index contributed by atoms with van der Waals surface area (Å²) in [6.07, 6.45) is 3.49. The fourth-order valence-corrected chi connectivity index (χ4v) is 4.23. The van der Waals surface area contributed by atoms with Crippen molar-refractivity contribution < 1.29 is 18.3 Å². The molecule has 1 atom stereocenters. The van der Waals surface area contributed by atoms with Crippen LogP contribution in [-0.4, -0.2) is 43.6 Å². The third-order valence-electron chi connectivity index (χ3n) is 3.74. The van der Waals surface area contributed by atoms with Gasteiger partial charge in [-0.2, -0.15) is 4.31 Å². The molecular formula is C15H23NO4S. The van der Waals surface area contributed by atoms with Crippen molar-refractivity contribution in [3.05, 3.63) is 24.3 Å². The summed E-state index contributed by atoms with van der Waals surface area (Å²) in [5, 5.41) is 8.70. The van der Waals surface area contributed by atoms with E-state index in [0.29, 0.717) is 30.2 Å². The second kappa shape index (κ2) is 7.24. The van der Waals surface area contributed by atoms with E-state index in [1.807, 2.05) is 6.92 Å². The average molecular weight is 313 g/mol. The molecule has 6 heteroatoms. The van der Waals surface area contributed by atoms with Gasteiger partial charge < -0.3 is 9.84 Å². The van der Waals surface area contributed by atoms with E-state index >= 15 is 0 Å². The van der Waals surface area contributed by atoms with Crippen molar-refractivity contribution in [1.82, 2.24) is 4.31 Å². The Hall–Kier alpha value is -1.11. The highest BCUT2D eigenvalue weighted by Gasteiger charge is 2.30. The Balaban J connectivity index is 2.09. The summed E-state index contributed by atoms with van der Waals surface area (Å²) in [6, 6.07) is 6.57. The van der Waals surface area contributed by atoms with Crippen LogP contribution >= 0.6 is 0 Å². The monoisotopic (exact) mass is 313 g/mol. The highest BCUT2D eigenvalue weighted by molar-refractivity contribution is 7.89. The lowest BCUT2D eigenvalue weighted by Crippen LogP contribution is -2.41. The molecule has 1 aromatic rings. The Labute approximate surface area is 126 Å². The van der Waals surface area contributed by atoms with E-state index in [2.05, 4.69) is 0 Å². The van der Waals surface area contributed by atoms with Crippen molar-refractivity contribution in [2.45, 2.75) is 43.5 Å². The van der Waals surface area contributed by atoms with E-state index in [4.69, 9.17) is 9.84 Å². The van der Waals surface area contributed by atoms with Gasteiger partial charge in [0.1, 0.15) is 5.75 Å². The molecule has 0 spiro atoms. The highest BCUT2D eigenvalue weighted by atomic mass is 32.2. The van der Waals surface area contributed by atoms with Crippen LogP contribution in [0.5, 0.6) is 5.75 Å². The van der Waals surface area contributed by atoms with Gasteiger partial charge in [0.2, 0.25) is 10.0 Å². The molecule has 1 fully saturated rings. The Kier molecular flexibility index (Phi) is 5.61. The van der Waals surface area contributed by atoms with Gasteiger partial charge in [-0.1, -0.05) is 6.42 Å². The van der Waals surface area contributed by atoms with E-state index < -0.39 is 10.0 Å². The van der Waals surface area contributed by atoms with Gasteiger partial charge in [0.15, 0.2) is 0 Å². The number of benzene rings is 1. The third kappa shape index (κ3) is 3.96. The van der Waals surface area contributed by atoms with Gasteiger partial charge in [0.05, 0.1) is 11.5 Å². The lowest BCUT2D eigenvalue weighted by atomic mass is 10.1. The molecule has 1 unspecified atom stereocenters. The topological polar surface area (TPSA) is 66.8 Å². The Morgan fingerprint density at radius 2 is 2.00 bits per heavy atom. The van der Waals surface area contributed by atoms with E-state index in [1.165, 1.54) is 0 Å². The van der Waals surface area contributed by atoms with E-state index in [9.17, 15) is 8.42 Å². The number of hydrogen-bond acceptors (Lipinski definition) is 4. The number of nitrogens with zero attached hydrogens (tertiary/aromatic N) is 1. The molecular weight excluding hydrogens is 290 g/mol. The average Bonchev–Trinajstić information content (AvgIpc) is 2.48. The summed E-state index contributed by atoms with van der Waals surface area (Å²) in [5.74, 6) is 0.620. The maximum absolute atomic E-state index is 12.6. The maximum atomic E-state index is 12.6. The molecule has 0 bridgehead atoms. The summed E-state index contributed by atoms with van der Waals surface area (Å²) in [5.41, 5.74) is 0. The molecule has 21 heavy (non-hydrogen) atoms. The number of aliphatic hydroxyl groups excluding tert-OH is 1. The van der Waals surface area contributed by atoms with Crippen LogP contribution in [0.4, 0.5) is 0 Å². The van der Waals surface area contributed by atoms with Crippen molar-refractivity contribution in [3.63, 3.8) is 0 Å². The summed E-state index contributed by atoms with van der Waals surface area (Å²) < 4.78 is 32.3. The number of aliphatic hydroxyl groups is 1. The van der Waals surface area contributed by atoms with Crippen LogP contribution in [0.1, 0.15) is 32.6 Å².